The zero-order valence-electron chi connectivity index (χ0n) is 6.76. The Bertz CT molecular complexity index is 236. The number of nitrogen functional groups attached to an aromatic ring is 1. The van der Waals surface area contributed by atoms with E-state index in [1.807, 2.05) is 0 Å². The number of hydrogen-bond donors (Lipinski definition) is 3. The molecule has 1 aromatic heterocycles. The van der Waals surface area contributed by atoms with E-state index in [1.165, 1.54) is 0 Å². The lowest BCUT2D eigenvalue weighted by molar-refractivity contribution is 0.0811. The van der Waals surface area contributed by atoms with Crippen molar-refractivity contribution in [3.8, 4) is 0 Å². The molecule has 4 N–H and O–H groups in total. The molecule has 1 aromatic rings. The van der Waals surface area contributed by atoms with Crippen LogP contribution in [0.4, 0.5) is 5.82 Å². The molecule has 1 rings (SSSR count). The average Bonchev–Trinajstić information content (AvgIpc) is 2.12. The number of nitrogens with one attached hydrogen (secondary N) is 1. The Balaban J connectivity index is 2.72. The van der Waals surface area contributed by atoms with Gasteiger partial charge in [0.1, 0.15) is 5.82 Å². The fourth-order valence-electron chi connectivity index (χ4n) is 0.928. The molecule has 0 atom stereocenters. The van der Waals surface area contributed by atoms with E-state index in [-0.39, 0.29) is 0 Å². The Morgan fingerprint density at radius 1 is 1.73 bits per heavy atom. The van der Waals surface area contributed by atoms with Gasteiger partial charge in [0.2, 0.25) is 0 Å². The van der Waals surface area contributed by atoms with Crippen molar-refractivity contribution in [3.63, 3.8) is 0 Å². The molecule has 62 valence electrons. The van der Waals surface area contributed by atoms with Crippen molar-refractivity contribution in [3.05, 3.63) is 11.8 Å². The van der Waals surface area contributed by atoms with Gasteiger partial charge in [-0.05, 0) is 13.8 Å². The summed E-state index contributed by atoms with van der Waals surface area (Å²) in [4.78, 5) is 0. The molecule has 0 aromatic carbocycles. The van der Waals surface area contributed by atoms with Crippen molar-refractivity contribution in [2.75, 3.05) is 5.73 Å². The van der Waals surface area contributed by atoms with E-state index in [9.17, 15) is 5.11 Å². The lowest BCUT2D eigenvalue weighted by Gasteiger charge is -2.15. The van der Waals surface area contributed by atoms with Crippen molar-refractivity contribution in [2.24, 2.45) is 0 Å². The number of nitrogens with zero attached hydrogens (tertiary/aromatic N) is 1. The van der Waals surface area contributed by atoms with Crippen molar-refractivity contribution in [1.82, 2.24) is 10.2 Å². The summed E-state index contributed by atoms with van der Waals surface area (Å²) in [5.41, 5.74) is 5.65. The Morgan fingerprint density at radius 3 is 2.73 bits per heavy atom. The summed E-state index contributed by atoms with van der Waals surface area (Å²) in [6.07, 6.45) is 2.16. The molecule has 4 nitrogen and oxygen atoms in total. The molecule has 1 heterocycles. The first-order valence-electron chi connectivity index (χ1n) is 3.49. The van der Waals surface area contributed by atoms with Gasteiger partial charge in [0.25, 0.3) is 0 Å². The molecule has 0 spiro atoms. The first-order valence-corrected chi connectivity index (χ1v) is 3.49. The van der Waals surface area contributed by atoms with E-state index in [0.717, 1.165) is 5.56 Å². The van der Waals surface area contributed by atoms with Crippen LogP contribution in [0, 0.1) is 0 Å². The molecule has 0 aliphatic carbocycles. The number of aliphatic hydroxyl groups is 1. The molecular formula is C7H13N3O. The van der Waals surface area contributed by atoms with Crippen LogP contribution in [0.3, 0.4) is 0 Å². The van der Waals surface area contributed by atoms with Gasteiger partial charge in [-0.3, -0.25) is 5.10 Å². The second-order valence-corrected chi connectivity index (χ2v) is 3.30. The van der Waals surface area contributed by atoms with Gasteiger partial charge in [-0.15, -0.1) is 0 Å². The zero-order valence-corrected chi connectivity index (χ0v) is 6.76. The molecule has 0 unspecified atom stereocenters. The molecular weight excluding hydrogens is 142 g/mol. The second-order valence-electron chi connectivity index (χ2n) is 3.30. The third-order valence-electron chi connectivity index (χ3n) is 1.37. The summed E-state index contributed by atoms with van der Waals surface area (Å²) >= 11 is 0. The fourth-order valence-corrected chi connectivity index (χ4v) is 0.928. The Hall–Kier alpha value is -1.03. The second kappa shape index (κ2) is 2.54. The third kappa shape index (κ3) is 2.23. The van der Waals surface area contributed by atoms with Crippen molar-refractivity contribution in [2.45, 2.75) is 25.9 Å². The van der Waals surface area contributed by atoms with Gasteiger partial charge in [0.15, 0.2) is 0 Å². The fraction of sp³-hybridized carbons (Fsp3) is 0.571. The van der Waals surface area contributed by atoms with Gasteiger partial charge in [0, 0.05) is 12.0 Å². The van der Waals surface area contributed by atoms with Crippen LogP contribution in [-0.4, -0.2) is 20.9 Å². The number of rotatable bonds is 2. The van der Waals surface area contributed by atoms with Crippen LogP contribution in [0.5, 0.6) is 0 Å². The number of aromatic amines is 1. The lowest BCUT2D eigenvalue weighted by atomic mass is 10.0. The lowest BCUT2D eigenvalue weighted by Crippen LogP contribution is -2.22. The summed E-state index contributed by atoms with van der Waals surface area (Å²) in [6.45, 7) is 3.47. The molecule has 0 amide bonds. The SMILES string of the molecule is CC(C)(O)Cc1cn[nH]c1N. The summed E-state index contributed by atoms with van der Waals surface area (Å²) < 4.78 is 0. The van der Waals surface area contributed by atoms with Crippen molar-refractivity contribution < 1.29 is 5.11 Å². The predicted octanol–water partition coefficient (Wildman–Crippen LogP) is 0.305. The van der Waals surface area contributed by atoms with Gasteiger partial charge in [-0.2, -0.15) is 5.10 Å². The van der Waals surface area contributed by atoms with Gasteiger partial charge >= 0.3 is 0 Å². The van der Waals surface area contributed by atoms with Crippen molar-refractivity contribution in [1.29, 1.82) is 0 Å². The first-order chi connectivity index (χ1) is 4.99. The minimum atomic E-state index is -0.724. The molecule has 11 heavy (non-hydrogen) atoms. The molecule has 0 fully saturated rings. The highest BCUT2D eigenvalue weighted by Crippen LogP contribution is 2.15. The molecule has 0 saturated carbocycles. The van der Waals surface area contributed by atoms with Crippen LogP contribution in [-0.2, 0) is 6.42 Å². The molecule has 0 bridgehead atoms. The standard InChI is InChI=1S/C7H13N3O/c1-7(2,11)3-5-4-9-10-6(5)8/h4,11H,3H2,1-2H3,(H3,8,9,10). The number of H-pyrrole nitrogens is 1. The van der Waals surface area contributed by atoms with Crippen LogP contribution < -0.4 is 5.73 Å². The molecule has 0 saturated heterocycles. The first kappa shape index (κ1) is 8.07. The van der Waals surface area contributed by atoms with Gasteiger partial charge in [0.05, 0.1) is 11.8 Å². The maximum atomic E-state index is 9.42. The van der Waals surface area contributed by atoms with Crippen LogP contribution >= 0.6 is 0 Å². The topological polar surface area (TPSA) is 74.9 Å². The Kier molecular flexibility index (Phi) is 1.87. The van der Waals surface area contributed by atoms with E-state index in [1.54, 1.807) is 20.0 Å². The van der Waals surface area contributed by atoms with Gasteiger partial charge in [-0.1, -0.05) is 0 Å². The highest BCUT2D eigenvalue weighted by molar-refractivity contribution is 5.37. The smallest absolute Gasteiger partial charge is 0.122 e. The third-order valence-corrected chi connectivity index (χ3v) is 1.37. The van der Waals surface area contributed by atoms with E-state index >= 15 is 0 Å². The Morgan fingerprint density at radius 2 is 2.36 bits per heavy atom. The number of hydrogen-bond acceptors (Lipinski definition) is 3. The summed E-state index contributed by atoms with van der Waals surface area (Å²) in [7, 11) is 0. The molecule has 4 heteroatoms. The highest BCUT2D eigenvalue weighted by Gasteiger charge is 2.15. The van der Waals surface area contributed by atoms with E-state index in [2.05, 4.69) is 10.2 Å². The van der Waals surface area contributed by atoms with Crippen molar-refractivity contribution >= 4 is 5.82 Å². The maximum Gasteiger partial charge on any atom is 0.122 e. The average molecular weight is 155 g/mol. The van der Waals surface area contributed by atoms with Gasteiger partial charge < -0.3 is 10.8 Å². The molecule has 0 radical (unpaired) electrons. The van der Waals surface area contributed by atoms with Crippen LogP contribution in [0.25, 0.3) is 0 Å². The highest BCUT2D eigenvalue weighted by atomic mass is 16.3. The zero-order chi connectivity index (χ0) is 8.48. The largest absolute Gasteiger partial charge is 0.390 e. The number of anilines is 1. The molecule has 0 aliphatic rings. The van der Waals surface area contributed by atoms with E-state index in [0.29, 0.717) is 12.2 Å². The predicted molar refractivity (Wildman–Crippen MR) is 43.0 cm³/mol. The summed E-state index contributed by atoms with van der Waals surface area (Å²) in [6, 6.07) is 0. The Labute approximate surface area is 65.4 Å². The number of aromatic nitrogens is 2. The van der Waals surface area contributed by atoms with Crippen LogP contribution in [0.15, 0.2) is 6.20 Å². The van der Waals surface area contributed by atoms with Crippen LogP contribution in [0.1, 0.15) is 19.4 Å². The minimum absolute atomic E-state index is 0.523. The quantitative estimate of drug-likeness (QED) is 0.575. The minimum Gasteiger partial charge on any atom is -0.390 e. The summed E-state index contributed by atoms with van der Waals surface area (Å²) in [5.74, 6) is 0.534. The summed E-state index contributed by atoms with van der Waals surface area (Å²) in [5, 5.41) is 15.8. The van der Waals surface area contributed by atoms with E-state index < -0.39 is 5.60 Å². The maximum absolute atomic E-state index is 9.42. The van der Waals surface area contributed by atoms with Gasteiger partial charge in [-0.25, -0.2) is 0 Å². The monoisotopic (exact) mass is 155 g/mol. The molecule has 0 aliphatic heterocycles. The normalized spacial score (nSPS) is 11.9. The number of nitrogens with two attached hydrogens (primary N) is 1. The van der Waals surface area contributed by atoms with E-state index in [4.69, 9.17) is 5.73 Å². The van der Waals surface area contributed by atoms with Crippen LogP contribution in [0.2, 0.25) is 0 Å².